The summed E-state index contributed by atoms with van der Waals surface area (Å²) >= 11 is 0. The third-order valence-electron chi connectivity index (χ3n) is 6.10. The molecule has 0 aliphatic rings. The number of imidazole rings is 1. The first-order valence-electron chi connectivity index (χ1n) is 12.1. The fourth-order valence-corrected chi connectivity index (χ4v) is 5.09. The van der Waals surface area contributed by atoms with Crippen molar-refractivity contribution in [2.75, 3.05) is 11.1 Å². The molecule has 194 valence electrons. The van der Waals surface area contributed by atoms with Gasteiger partial charge >= 0.3 is 0 Å². The highest BCUT2D eigenvalue weighted by molar-refractivity contribution is 7.91. The van der Waals surface area contributed by atoms with Crippen LogP contribution in [0.3, 0.4) is 0 Å². The second-order valence-corrected chi connectivity index (χ2v) is 11.5. The smallest absolute Gasteiger partial charge is 0.228 e. The van der Waals surface area contributed by atoms with Crippen LogP contribution < -0.4 is 10.1 Å². The van der Waals surface area contributed by atoms with E-state index in [1.54, 1.807) is 49.4 Å². The van der Waals surface area contributed by atoms with Gasteiger partial charge < -0.3 is 14.6 Å². The number of hydrogen-bond donors (Lipinski definition) is 1. The molecule has 0 atom stereocenters. The molecule has 0 saturated heterocycles. The second kappa shape index (κ2) is 10.3. The summed E-state index contributed by atoms with van der Waals surface area (Å²) in [5, 5.41) is 2.84. The Morgan fingerprint density at radius 2 is 1.70 bits per heavy atom. The lowest BCUT2D eigenvalue weighted by Crippen LogP contribution is -2.29. The van der Waals surface area contributed by atoms with E-state index in [4.69, 9.17) is 4.74 Å². The third-order valence-corrected chi connectivity index (χ3v) is 7.85. The molecule has 3 aromatic carbocycles. The average Bonchev–Trinajstić information content (AvgIpc) is 3.24. The summed E-state index contributed by atoms with van der Waals surface area (Å²) in [7, 11) is -3.27. The first-order chi connectivity index (χ1) is 17.5. The number of nitrogens with zero attached hydrogens (tertiary/aromatic N) is 2. The van der Waals surface area contributed by atoms with Crippen molar-refractivity contribution in [2.24, 2.45) is 0 Å². The third kappa shape index (κ3) is 5.83. The number of carbonyl (C=O) groups is 1. The summed E-state index contributed by atoms with van der Waals surface area (Å²) in [6, 6.07) is 17.9. The van der Waals surface area contributed by atoms with Crippen molar-refractivity contribution in [3.05, 3.63) is 83.9 Å². The van der Waals surface area contributed by atoms with Crippen molar-refractivity contribution in [1.29, 1.82) is 0 Å². The van der Waals surface area contributed by atoms with Gasteiger partial charge in [-0.15, -0.1) is 0 Å². The van der Waals surface area contributed by atoms with E-state index in [2.05, 4.69) is 10.3 Å². The standard InChI is InChI=1S/C28H30FN3O4S/c1-5-32-25-16-9-20(29)18-24(25)31-27(32)28(3,4)36-22-12-10-21(11-13-22)30-26(33)17-19-7-14-23(15-8-19)37(34,35)6-2/h7-16,18H,5-6,17H2,1-4H3,(H,30,33). The van der Waals surface area contributed by atoms with Crippen molar-refractivity contribution in [2.45, 2.75) is 51.2 Å². The van der Waals surface area contributed by atoms with Crippen LogP contribution in [0.5, 0.6) is 5.75 Å². The van der Waals surface area contributed by atoms with Crippen LogP contribution in [-0.4, -0.2) is 29.6 Å². The molecule has 4 aromatic rings. The molecule has 37 heavy (non-hydrogen) atoms. The van der Waals surface area contributed by atoms with Gasteiger partial charge in [-0.2, -0.15) is 0 Å². The maximum atomic E-state index is 13.7. The van der Waals surface area contributed by atoms with Gasteiger partial charge in [0.2, 0.25) is 5.91 Å². The van der Waals surface area contributed by atoms with Gasteiger partial charge in [0.15, 0.2) is 21.3 Å². The number of aromatic nitrogens is 2. The molecular formula is C28H30FN3O4S. The molecule has 0 saturated carbocycles. The Morgan fingerprint density at radius 1 is 1.03 bits per heavy atom. The molecule has 0 bridgehead atoms. The van der Waals surface area contributed by atoms with Crippen LogP contribution in [0, 0.1) is 5.82 Å². The minimum Gasteiger partial charge on any atom is -0.480 e. The topological polar surface area (TPSA) is 90.3 Å². The molecule has 7 nitrogen and oxygen atoms in total. The van der Waals surface area contributed by atoms with Gasteiger partial charge in [0, 0.05) is 18.3 Å². The molecule has 1 aromatic heterocycles. The molecule has 0 radical (unpaired) electrons. The Kier molecular flexibility index (Phi) is 7.36. The van der Waals surface area contributed by atoms with E-state index in [-0.39, 0.29) is 28.8 Å². The summed E-state index contributed by atoms with van der Waals surface area (Å²) < 4.78 is 45.9. The molecule has 0 aliphatic carbocycles. The van der Waals surface area contributed by atoms with Gasteiger partial charge in [-0.3, -0.25) is 4.79 Å². The van der Waals surface area contributed by atoms with E-state index in [1.807, 2.05) is 25.3 Å². The SMILES string of the molecule is CCn1c(C(C)(C)Oc2ccc(NC(=O)Cc3ccc(S(=O)(=O)CC)cc3)cc2)nc2cc(F)ccc21. The molecule has 1 heterocycles. The molecule has 0 unspecified atom stereocenters. The summed E-state index contributed by atoms with van der Waals surface area (Å²) in [6.45, 7) is 8.07. The van der Waals surface area contributed by atoms with Crippen LogP contribution in [0.2, 0.25) is 0 Å². The number of fused-ring (bicyclic) bond motifs is 1. The number of carbonyl (C=O) groups excluding carboxylic acids is 1. The maximum Gasteiger partial charge on any atom is 0.228 e. The minimum absolute atomic E-state index is 0.0301. The van der Waals surface area contributed by atoms with E-state index in [1.165, 1.54) is 24.3 Å². The number of hydrogen-bond acceptors (Lipinski definition) is 5. The normalized spacial score (nSPS) is 12.0. The highest BCUT2D eigenvalue weighted by Crippen LogP contribution is 2.31. The summed E-state index contributed by atoms with van der Waals surface area (Å²) in [5.74, 6) is 0.756. The lowest BCUT2D eigenvalue weighted by Gasteiger charge is -2.26. The van der Waals surface area contributed by atoms with Crippen LogP contribution in [0.25, 0.3) is 11.0 Å². The van der Waals surface area contributed by atoms with Crippen LogP contribution in [0.15, 0.2) is 71.6 Å². The van der Waals surface area contributed by atoms with E-state index in [9.17, 15) is 17.6 Å². The van der Waals surface area contributed by atoms with Gasteiger partial charge in [-0.25, -0.2) is 17.8 Å². The zero-order valence-electron chi connectivity index (χ0n) is 21.3. The molecule has 9 heteroatoms. The largest absolute Gasteiger partial charge is 0.480 e. The Hall–Kier alpha value is -3.72. The Balaban J connectivity index is 1.42. The Morgan fingerprint density at radius 3 is 2.32 bits per heavy atom. The first kappa shape index (κ1) is 26.3. The number of amides is 1. The van der Waals surface area contributed by atoms with Crippen molar-refractivity contribution in [1.82, 2.24) is 9.55 Å². The highest BCUT2D eigenvalue weighted by Gasteiger charge is 2.30. The zero-order valence-corrected chi connectivity index (χ0v) is 22.1. The van der Waals surface area contributed by atoms with Gasteiger partial charge in [0.1, 0.15) is 11.6 Å². The molecule has 0 aliphatic heterocycles. The first-order valence-corrected chi connectivity index (χ1v) is 13.7. The number of aryl methyl sites for hydroxylation is 1. The summed E-state index contributed by atoms with van der Waals surface area (Å²) in [6.07, 6.45) is 0.117. The second-order valence-electron chi connectivity index (χ2n) is 9.22. The van der Waals surface area contributed by atoms with Crippen LogP contribution in [0.4, 0.5) is 10.1 Å². The van der Waals surface area contributed by atoms with Crippen molar-refractivity contribution in [3.8, 4) is 5.75 Å². The molecular weight excluding hydrogens is 493 g/mol. The highest BCUT2D eigenvalue weighted by atomic mass is 32.2. The monoisotopic (exact) mass is 523 g/mol. The minimum atomic E-state index is -3.27. The lowest BCUT2D eigenvalue weighted by atomic mass is 10.1. The predicted octanol–water partition coefficient (Wildman–Crippen LogP) is 5.48. The van der Waals surface area contributed by atoms with E-state index < -0.39 is 15.4 Å². The number of halogens is 1. The number of nitrogens with one attached hydrogen (secondary N) is 1. The summed E-state index contributed by atoms with van der Waals surface area (Å²) in [5.41, 5.74) is 1.95. The molecule has 4 rings (SSSR count). The van der Waals surface area contributed by atoms with Gasteiger partial charge in [0.05, 0.1) is 28.1 Å². The number of rotatable bonds is 9. The fraction of sp³-hybridized carbons (Fsp3) is 0.286. The molecule has 0 spiro atoms. The van der Waals surface area contributed by atoms with Gasteiger partial charge in [-0.1, -0.05) is 19.1 Å². The maximum absolute atomic E-state index is 13.7. The molecule has 1 amide bonds. The molecule has 0 fully saturated rings. The Labute approximate surface area is 216 Å². The van der Waals surface area contributed by atoms with Crippen molar-refractivity contribution < 1.29 is 22.3 Å². The van der Waals surface area contributed by atoms with Gasteiger partial charge in [-0.05, 0) is 74.9 Å². The molecule has 1 N–H and O–H groups in total. The van der Waals surface area contributed by atoms with E-state index >= 15 is 0 Å². The van der Waals surface area contributed by atoms with Crippen LogP contribution in [0.1, 0.15) is 39.1 Å². The van der Waals surface area contributed by atoms with Crippen LogP contribution >= 0.6 is 0 Å². The lowest BCUT2D eigenvalue weighted by molar-refractivity contribution is -0.115. The number of sulfone groups is 1. The van der Waals surface area contributed by atoms with Gasteiger partial charge in [0.25, 0.3) is 0 Å². The Bertz CT molecular complexity index is 1530. The van der Waals surface area contributed by atoms with Crippen LogP contribution in [-0.2, 0) is 33.2 Å². The quantitative estimate of drug-likeness (QED) is 0.314. The van der Waals surface area contributed by atoms with Crippen molar-refractivity contribution in [3.63, 3.8) is 0 Å². The number of benzene rings is 3. The predicted molar refractivity (Wildman–Crippen MR) is 142 cm³/mol. The van der Waals surface area contributed by atoms with E-state index in [0.717, 1.165) is 5.52 Å². The van der Waals surface area contributed by atoms with Crippen molar-refractivity contribution >= 4 is 32.5 Å². The number of anilines is 1. The number of ether oxygens (including phenoxy) is 1. The van der Waals surface area contributed by atoms with E-state index in [0.29, 0.717) is 34.9 Å². The zero-order chi connectivity index (χ0) is 26.8. The summed E-state index contributed by atoms with van der Waals surface area (Å²) in [4.78, 5) is 17.4. The fourth-order valence-electron chi connectivity index (χ4n) is 4.20. The average molecular weight is 524 g/mol.